The number of amides is 3. The van der Waals surface area contributed by atoms with Crippen LogP contribution < -0.4 is 15.8 Å². The molecule has 3 N–H and O–H groups in total. The molecular formula is C21H21N3O4. The van der Waals surface area contributed by atoms with Crippen LogP contribution in [0.2, 0.25) is 0 Å². The molecule has 0 spiro atoms. The van der Waals surface area contributed by atoms with E-state index < -0.39 is 17.9 Å². The molecule has 2 aromatic carbocycles. The van der Waals surface area contributed by atoms with Gasteiger partial charge in [-0.25, -0.2) is 10.3 Å². The van der Waals surface area contributed by atoms with E-state index in [1.165, 1.54) is 0 Å². The molecule has 0 radical (unpaired) electrons. The van der Waals surface area contributed by atoms with Gasteiger partial charge in [-0.15, -0.1) is 0 Å². The first kappa shape index (κ1) is 19.5. The Morgan fingerprint density at radius 2 is 1.71 bits per heavy atom. The third-order valence-electron chi connectivity index (χ3n) is 4.33. The lowest BCUT2D eigenvalue weighted by Gasteiger charge is -2.16. The Hall–Kier alpha value is -3.29. The van der Waals surface area contributed by atoms with Crippen LogP contribution in [0.4, 0.5) is 5.69 Å². The zero-order valence-electron chi connectivity index (χ0n) is 15.2. The second kappa shape index (κ2) is 9.07. The van der Waals surface area contributed by atoms with Gasteiger partial charge in [-0.05, 0) is 23.8 Å². The normalized spacial score (nSPS) is 17.1. The van der Waals surface area contributed by atoms with Gasteiger partial charge < -0.3 is 5.11 Å². The quantitative estimate of drug-likeness (QED) is 0.384. The number of nitrogens with one attached hydrogen (secondary N) is 2. The van der Waals surface area contributed by atoms with E-state index in [2.05, 4.69) is 10.9 Å². The van der Waals surface area contributed by atoms with E-state index in [4.69, 9.17) is 0 Å². The monoisotopic (exact) mass is 379 g/mol. The summed E-state index contributed by atoms with van der Waals surface area (Å²) in [5.74, 6) is -1.22. The Morgan fingerprint density at radius 3 is 2.36 bits per heavy atom. The lowest BCUT2D eigenvalue weighted by Crippen LogP contribution is -2.48. The van der Waals surface area contributed by atoms with Gasteiger partial charge in [0.25, 0.3) is 11.8 Å². The average molecular weight is 379 g/mol. The van der Waals surface area contributed by atoms with Gasteiger partial charge in [0.05, 0.1) is 12.1 Å². The Balaban J connectivity index is 1.66. The molecule has 0 aromatic heterocycles. The second-order valence-corrected chi connectivity index (χ2v) is 6.31. The van der Waals surface area contributed by atoms with Crippen LogP contribution >= 0.6 is 0 Å². The van der Waals surface area contributed by atoms with Crippen LogP contribution in [0.25, 0.3) is 6.08 Å². The van der Waals surface area contributed by atoms with E-state index in [-0.39, 0.29) is 25.4 Å². The van der Waals surface area contributed by atoms with E-state index in [9.17, 15) is 19.5 Å². The van der Waals surface area contributed by atoms with Crippen molar-refractivity contribution in [3.05, 3.63) is 71.8 Å². The number of aliphatic hydroxyl groups is 1. The third-order valence-corrected chi connectivity index (χ3v) is 4.33. The number of para-hydroxylation sites is 1. The number of nitrogens with zero attached hydrogens (tertiary/aromatic N) is 1. The molecule has 0 bridgehead atoms. The van der Waals surface area contributed by atoms with Crippen molar-refractivity contribution in [3.8, 4) is 0 Å². The molecule has 1 saturated heterocycles. The molecule has 1 atom stereocenters. The van der Waals surface area contributed by atoms with Crippen LogP contribution in [0.3, 0.4) is 0 Å². The van der Waals surface area contributed by atoms with Crippen LogP contribution in [-0.4, -0.2) is 35.5 Å². The van der Waals surface area contributed by atoms with Crippen LogP contribution in [0.5, 0.6) is 0 Å². The topological polar surface area (TPSA) is 98.7 Å². The van der Waals surface area contributed by atoms with Crippen LogP contribution in [-0.2, 0) is 14.4 Å². The maximum absolute atomic E-state index is 12.6. The number of hydrazine groups is 1. The second-order valence-electron chi connectivity index (χ2n) is 6.31. The predicted molar refractivity (Wildman–Crippen MR) is 105 cm³/mol. The number of imide groups is 1. The number of aliphatic hydroxyl groups excluding tert-OH is 1. The summed E-state index contributed by atoms with van der Waals surface area (Å²) < 4.78 is 0. The van der Waals surface area contributed by atoms with Crippen LogP contribution in [0, 0.1) is 0 Å². The smallest absolute Gasteiger partial charge is 0.261 e. The molecule has 1 aliphatic heterocycles. The van der Waals surface area contributed by atoms with Crippen molar-refractivity contribution in [1.29, 1.82) is 0 Å². The molecule has 3 rings (SSSR count). The van der Waals surface area contributed by atoms with Gasteiger partial charge in [0, 0.05) is 18.6 Å². The molecule has 1 fully saturated rings. The number of carbonyl (C=O) groups is 3. The minimum atomic E-state index is -0.844. The van der Waals surface area contributed by atoms with E-state index in [1.54, 1.807) is 36.4 Å². The summed E-state index contributed by atoms with van der Waals surface area (Å²) in [4.78, 5) is 38.4. The van der Waals surface area contributed by atoms with E-state index in [1.807, 2.05) is 30.3 Å². The lowest BCUT2D eigenvalue weighted by molar-refractivity contribution is -0.121. The number of rotatable bonds is 7. The largest absolute Gasteiger partial charge is 0.396 e. The Kier molecular flexibility index (Phi) is 6.31. The highest BCUT2D eigenvalue weighted by Crippen LogP contribution is 2.22. The highest BCUT2D eigenvalue weighted by atomic mass is 16.3. The summed E-state index contributed by atoms with van der Waals surface area (Å²) in [5.41, 5.74) is 6.82. The molecule has 0 saturated carbocycles. The van der Waals surface area contributed by atoms with Crippen molar-refractivity contribution >= 4 is 29.5 Å². The summed E-state index contributed by atoms with van der Waals surface area (Å²) in [7, 11) is 0. The molecule has 28 heavy (non-hydrogen) atoms. The van der Waals surface area contributed by atoms with Gasteiger partial charge in [0.1, 0.15) is 6.04 Å². The highest BCUT2D eigenvalue weighted by molar-refractivity contribution is 6.22. The SMILES string of the molecule is O=C(NN[C@@H]1CC(=O)N(c2ccccc2)C1=O)/C(=C\c1ccccc1)CCO. The fourth-order valence-electron chi connectivity index (χ4n) is 2.95. The van der Waals surface area contributed by atoms with Crippen LogP contribution in [0.1, 0.15) is 18.4 Å². The fourth-order valence-corrected chi connectivity index (χ4v) is 2.95. The molecule has 144 valence electrons. The van der Waals surface area contributed by atoms with Crippen molar-refractivity contribution in [2.24, 2.45) is 0 Å². The van der Waals surface area contributed by atoms with E-state index in [0.717, 1.165) is 10.5 Å². The summed E-state index contributed by atoms with van der Waals surface area (Å²) in [5, 5.41) is 9.23. The molecule has 7 nitrogen and oxygen atoms in total. The van der Waals surface area contributed by atoms with Crippen molar-refractivity contribution < 1.29 is 19.5 Å². The summed E-state index contributed by atoms with van der Waals surface area (Å²) >= 11 is 0. The van der Waals surface area contributed by atoms with Crippen molar-refractivity contribution in [2.45, 2.75) is 18.9 Å². The molecular weight excluding hydrogens is 358 g/mol. The first-order valence-corrected chi connectivity index (χ1v) is 8.94. The Morgan fingerprint density at radius 1 is 1.07 bits per heavy atom. The van der Waals surface area contributed by atoms with Gasteiger partial charge in [-0.3, -0.25) is 19.8 Å². The minimum absolute atomic E-state index is 0.0499. The number of hydrogen-bond donors (Lipinski definition) is 3. The van der Waals surface area contributed by atoms with Gasteiger partial charge >= 0.3 is 0 Å². The third kappa shape index (κ3) is 4.51. The molecule has 2 aromatic rings. The lowest BCUT2D eigenvalue weighted by atomic mass is 10.1. The zero-order chi connectivity index (χ0) is 19.9. The summed E-state index contributed by atoms with van der Waals surface area (Å²) in [6, 6.07) is 17.0. The first-order chi connectivity index (χ1) is 13.6. The van der Waals surface area contributed by atoms with Gasteiger partial charge in [0.15, 0.2) is 0 Å². The number of carbonyl (C=O) groups excluding carboxylic acids is 3. The Labute approximate surface area is 162 Å². The van der Waals surface area contributed by atoms with Crippen molar-refractivity contribution in [3.63, 3.8) is 0 Å². The number of hydrogen-bond acceptors (Lipinski definition) is 5. The molecule has 3 amide bonds. The maximum Gasteiger partial charge on any atom is 0.261 e. The summed E-state index contributed by atoms with van der Waals surface area (Å²) in [6.45, 7) is -0.186. The molecule has 1 aliphatic rings. The van der Waals surface area contributed by atoms with Gasteiger partial charge in [-0.1, -0.05) is 48.5 Å². The molecule has 0 aliphatic carbocycles. The van der Waals surface area contributed by atoms with E-state index in [0.29, 0.717) is 11.3 Å². The molecule has 7 heteroatoms. The Bertz CT molecular complexity index is 881. The van der Waals surface area contributed by atoms with Gasteiger partial charge in [0.2, 0.25) is 5.91 Å². The van der Waals surface area contributed by atoms with Crippen molar-refractivity contribution in [1.82, 2.24) is 10.9 Å². The maximum atomic E-state index is 12.6. The minimum Gasteiger partial charge on any atom is -0.396 e. The average Bonchev–Trinajstić information content (AvgIpc) is 3.00. The highest BCUT2D eigenvalue weighted by Gasteiger charge is 2.39. The summed E-state index contributed by atoms with van der Waals surface area (Å²) in [6.07, 6.45) is 1.78. The number of anilines is 1. The molecule has 0 unspecified atom stereocenters. The van der Waals surface area contributed by atoms with E-state index >= 15 is 0 Å². The van der Waals surface area contributed by atoms with Crippen LogP contribution in [0.15, 0.2) is 66.2 Å². The predicted octanol–water partition coefficient (Wildman–Crippen LogP) is 1.41. The standard InChI is InChI=1S/C21H21N3O4/c25-12-11-16(13-15-7-3-1-4-8-15)20(27)23-22-18-14-19(26)24(21(18)28)17-9-5-2-6-10-17/h1-10,13,18,22,25H,11-12,14H2,(H,23,27)/b16-13-/t18-/m1/s1. The first-order valence-electron chi connectivity index (χ1n) is 8.94. The molecule has 1 heterocycles. The van der Waals surface area contributed by atoms with Crippen molar-refractivity contribution in [2.75, 3.05) is 11.5 Å². The fraction of sp³-hybridized carbons (Fsp3) is 0.190. The van der Waals surface area contributed by atoms with Gasteiger partial charge in [-0.2, -0.15) is 0 Å². The zero-order valence-corrected chi connectivity index (χ0v) is 15.2. The number of benzene rings is 2.